The van der Waals surface area contributed by atoms with Crippen molar-refractivity contribution in [3.05, 3.63) is 12.7 Å². The zero-order valence-corrected chi connectivity index (χ0v) is 10.3. The van der Waals surface area contributed by atoms with E-state index in [1.54, 1.807) is 0 Å². The van der Waals surface area contributed by atoms with Crippen LogP contribution in [0.5, 0.6) is 0 Å². The van der Waals surface area contributed by atoms with Crippen LogP contribution in [0.3, 0.4) is 0 Å². The summed E-state index contributed by atoms with van der Waals surface area (Å²) in [4.78, 5) is 11.8. The second-order valence-corrected chi connectivity index (χ2v) is 4.85. The molecular formula is C11H14FN5O3. The molecule has 0 saturated heterocycles. The van der Waals surface area contributed by atoms with Crippen molar-refractivity contribution in [1.82, 2.24) is 19.5 Å². The lowest BCUT2D eigenvalue weighted by Crippen LogP contribution is -2.30. The topological polar surface area (TPSA) is 130 Å². The van der Waals surface area contributed by atoms with Crippen LogP contribution in [0.4, 0.5) is 10.2 Å². The molecule has 9 heteroatoms. The highest BCUT2D eigenvalue weighted by molar-refractivity contribution is 5.81. The van der Waals surface area contributed by atoms with Crippen LogP contribution in [0, 0.1) is 5.92 Å². The number of anilines is 1. The molecule has 2 aromatic rings. The highest BCUT2D eigenvalue weighted by atomic mass is 19.1. The smallest absolute Gasteiger partial charge is 0.165 e. The van der Waals surface area contributed by atoms with E-state index in [0.29, 0.717) is 5.52 Å². The van der Waals surface area contributed by atoms with Gasteiger partial charge in [-0.3, -0.25) is 0 Å². The number of aromatic nitrogens is 4. The monoisotopic (exact) mass is 283 g/mol. The second kappa shape index (κ2) is 4.62. The number of aliphatic hydroxyl groups excluding tert-OH is 3. The van der Waals surface area contributed by atoms with E-state index in [1.807, 2.05) is 0 Å². The van der Waals surface area contributed by atoms with Crippen LogP contribution < -0.4 is 5.73 Å². The van der Waals surface area contributed by atoms with Crippen LogP contribution in [0.2, 0.25) is 0 Å². The first kappa shape index (κ1) is 13.2. The number of nitrogens with zero attached hydrogens (tertiary/aromatic N) is 4. The summed E-state index contributed by atoms with van der Waals surface area (Å²) in [6.07, 6.45) is -1.83. The molecule has 0 radical (unpaired) electrons. The van der Waals surface area contributed by atoms with Gasteiger partial charge < -0.3 is 25.6 Å². The number of alkyl halides is 1. The van der Waals surface area contributed by atoms with Crippen molar-refractivity contribution < 1.29 is 19.7 Å². The first-order chi connectivity index (χ1) is 9.56. The van der Waals surface area contributed by atoms with E-state index in [9.17, 15) is 14.6 Å². The molecule has 0 aliphatic heterocycles. The Bertz CT molecular complexity index is 636. The van der Waals surface area contributed by atoms with Crippen molar-refractivity contribution in [1.29, 1.82) is 0 Å². The lowest BCUT2D eigenvalue weighted by Gasteiger charge is -2.19. The predicted octanol–water partition coefficient (Wildman–Crippen LogP) is -1.37. The minimum absolute atomic E-state index is 0.149. The summed E-state index contributed by atoms with van der Waals surface area (Å²) in [5, 5.41) is 28.9. The number of imidazole rings is 1. The molecule has 0 bridgehead atoms. The van der Waals surface area contributed by atoms with Gasteiger partial charge in [0.05, 0.1) is 25.1 Å². The molecule has 2 heterocycles. The molecule has 1 aliphatic carbocycles. The summed E-state index contributed by atoms with van der Waals surface area (Å²) in [6, 6.07) is -1.08. The molecule has 108 valence electrons. The number of nitrogens with two attached hydrogens (primary N) is 1. The van der Waals surface area contributed by atoms with Crippen molar-refractivity contribution in [2.45, 2.75) is 24.4 Å². The predicted molar refractivity (Wildman–Crippen MR) is 66.3 cm³/mol. The molecule has 5 atom stereocenters. The Morgan fingerprint density at radius 2 is 2.00 bits per heavy atom. The van der Waals surface area contributed by atoms with E-state index in [4.69, 9.17) is 10.8 Å². The molecule has 20 heavy (non-hydrogen) atoms. The number of nitrogen functional groups attached to an aromatic ring is 1. The van der Waals surface area contributed by atoms with Gasteiger partial charge in [-0.15, -0.1) is 0 Å². The zero-order chi connectivity index (χ0) is 14.4. The van der Waals surface area contributed by atoms with Gasteiger partial charge in [0.25, 0.3) is 0 Å². The molecule has 0 aromatic carbocycles. The van der Waals surface area contributed by atoms with Crippen molar-refractivity contribution in [3.63, 3.8) is 0 Å². The normalized spacial score (nSPS) is 33.9. The summed E-state index contributed by atoms with van der Waals surface area (Å²) in [5.74, 6) is -0.900. The Morgan fingerprint density at radius 1 is 1.25 bits per heavy atom. The number of halogens is 1. The molecule has 1 saturated carbocycles. The van der Waals surface area contributed by atoms with Crippen molar-refractivity contribution in [2.75, 3.05) is 12.3 Å². The molecule has 0 spiro atoms. The Kier molecular flexibility index (Phi) is 3.04. The van der Waals surface area contributed by atoms with Crippen molar-refractivity contribution in [3.8, 4) is 0 Å². The van der Waals surface area contributed by atoms with Crippen LogP contribution in [-0.4, -0.2) is 59.8 Å². The van der Waals surface area contributed by atoms with Crippen LogP contribution in [0.15, 0.2) is 12.7 Å². The van der Waals surface area contributed by atoms with E-state index in [0.717, 1.165) is 0 Å². The maximum Gasteiger partial charge on any atom is 0.165 e. The molecule has 8 nitrogen and oxygen atoms in total. The van der Waals surface area contributed by atoms with Crippen LogP contribution >= 0.6 is 0 Å². The maximum absolute atomic E-state index is 14.3. The summed E-state index contributed by atoms with van der Waals surface area (Å²) < 4.78 is 15.7. The highest BCUT2D eigenvalue weighted by Crippen LogP contribution is 2.39. The van der Waals surface area contributed by atoms with Gasteiger partial charge in [0.15, 0.2) is 11.5 Å². The largest absolute Gasteiger partial charge is 0.396 e. The Labute approximate surface area is 112 Å². The van der Waals surface area contributed by atoms with E-state index in [-0.39, 0.29) is 11.5 Å². The van der Waals surface area contributed by atoms with Crippen LogP contribution in [0.1, 0.15) is 6.04 Å². The first-order valence-corrected chi connectivity index (χ1v) is 6.10. The van der Waals surface area contributed by atoms with Crippen LogP contribution in [0.25, 0.3) is 11.2 Å². The average Bonchev–Trinajstić information content (AvgIpc) is 2.92. The summed E-state index contributed by atoms with van der Waals surface area (Å²) in [5.41, 5.74) is 6.22. The fourth-order valence-corrected chi connectivity index (χ4v) is 2.70. The number of rotatable bonds is 2. The molecule has 1 aliphatic rings. The Morgan fingerprint density at radius 3 is 2.65 bits per heavy atom. The quantitative estimate of drug-likeness (QED) is 0.535. The minimum Gasteiger partial charge on any atom is -0.396 e. The second-order valence-electron chi connectivity index (χ2n) is 4.85. The molecular weight excluding hydrogens is 269 g/mol. The molecule has 3 rings (SSSR count). The van der Waals surface area contributed by atoms with Crippen LogP contribution in [-0.2, 0) is 0 Å². The Hall–Kier alpha value is -1.84. The standard InChI is InChI=1S/C11H14FN5O3/c12-5-4(1-18)8(19)9(20)7(5)17-3-16-6-10(13)14-2-15-11(6)17/h2-5,7-9,18-20H,1H2,(H2,13,14,15)/t4-,5+,7+,8?,9?/m0/s1. The minimum atomic E-state index is -1.63. The first-order valence-electron chi connectivity index (χ1n) is 6.10. The van der Waals surface area contributed by atoms with E-state index >= 15 is 0 Å². The fraction of sp³-hybridized carbons (Fsp3) is 0.545. The molecule has 5 N–H and O–H groups in total. The highest BCUT2D eigenvalue weighted by Gasteiger charge is 2.51. The maximum atomic E-state index is 14.3. The lowest BCUT2D eigenvalue weighted by atomic mass is 10.1. The van der Waals surface area contributed by atoms with Gasteiger partial charge in [-0.05, 0) is 0 Å². The molecule has 2 aromatic heterocycles. The molecule has 2 unspecified atom stereocenters. The van der Waals surface area contributed by atoms with Gasteiger partial charge >= 0.3 is 0 Å². The van der Waals surface area contributed by atoms with Gasteiger partial charge in [-0.1, -0.05) is 0 Å². The van der Waals surface area contributed by atoms with Gasteiger partial charge in [0.1, 0.15) is 24.1 Å². The number of aliphatic hydroxyl groups is 3. The lowest BCUT2D eigenvalue weighted by molar-refractivity contribution is -0.00496. The SMILES string of the molecule is Nc1ncnc2c1ncn2[C@H]1C(O)C(O)[C@@H](CO)[C@H]1F. The third-order valence-electron chi connectivity index (χ3n) is 3.79. The third kappa shape index (κ3) is 1.67. The molecule has 0 amide bonds. The van der Waals surface area contributed by atoms with E-state index in [1.165, 1.54) is 17.2 Å². The zero-order valence-electron chi connectivity index (χ0n) is 10.3. The Balaban J connectivity index is 2.09. The van der Waals surface area contributed by atoms with Crippen molar-refractivity contribution in [2.24, 2.45) is 5.92 Å². The fourth-order valence-electron chi connectivity index (χ4n) is 2.70. The van der Waals surface area contributed by atoms with Gasteiger partial charge in [0, 0.05) is 5.92 Å². The number of fused-ring (bicyclic) bond motifs is 1. The summed E-state index contributed by atoms with van der Waals surface area (Å²) >= 11 is 0. The van der Waals surface area contributed by atoms with Gasteiger partial charge in [0.2, 0.25) is 0 Å². The van der Waals surface area contributed by atoms with Gasteiger partial charge in [-0.25, -0.2) is 19.3 Å². The van der Waals surface area contributed by atoms with Crippen molar-refractivity contribution >= 4 is 17.0 Å². The van der Waals surface area contributed by atoms with E-state index < -0.39 is 36.9 Å². The van der Waals surface area contributed by atoms with E-state index in [2.05, 4.69) is 15.0 Å². The summed E-state index contributed by atoms with van der Waals surface area (Å²) in [7, 11) is 0. The summed E-state index contributed by atoms with van der Waals surface area (Å²) in [6.45, 7) is -0.556. The molecule has 1 fully saturated rings. The third-order valence-corrected chi connectivity index (χ3v) is 3.79. The average molecular weight is 283 g/mol. The number of hydrogen-bond donors (Lipinski definition) is 4. The number of hydrogen-bond acceptors (Lipinski definition) is 7. The van der Waals surface area contributed by atoms with Gasteiger partial charge in [-0.2, -0.15) is 0 Å².